The minimum absolute atomic E-state index is 0.0286. The highest BCUT2D eigenvalue weighted by atomic mass is 16.6. The Morgan fingerprint density at radius 2 is 1.45 bits per heavy atom. The number of hydrogen-bond acceptors (Lipinski definition) is 4. The van der Waals surface area contributed by atoms with Gasteiger partial charge in [0.05, 0.1) is 11.5 Å². The largest absolute Gasteiger partial charge is 0.462 e. The quantitative estimate of drug-likeness (QED) is 0.569. The van der Waals surface area contributed by atoms with Crippen LogP contribution in [0.4, 0.5) is 0 Å². The van der Waals surface area contributed by atoms with Gasteiger partial charge in [-0.3, -0.25) is 9.69 Å². The number of carbonyl (C=O) groups is 1. The molecule has 0 unspecified atom stereocenters. The van der Waals surface area contributed by atoms with Crippen LogP contribution in [-0.2, 0) is 9.53 Å². The molecular weight excluding hydrogens is 384 g/mol. The minimum atomic E-state index is -0.234. The Kier molecular flexibility index (Phi) is 7.09. The topological polar surface area (TPSA) is 32.8 Å². The maximum absolute atomic E-state index is 12.4. The summed E-state index contributed by atoms with van der Waals surface area (Å²) >= 11 is 0. The van der Waals surface area contributed by atoms with Crippen LogP contribution < -0.4 is 0 Å². The van der Waals surface area contributed by atoms with Crippen LogP contribution in [0.25, 0.3) is 0 Å². The van der Waals surface area contributed by atoms with Gasteiger partial charge in [0.15, 0.2) is 0 Å². The molecule has 0 radical (unpaired) electrons. The first-order valence-corrected chi connectivity index (χ1v) is 11.9. The summed E-state index contributed by atoms with van der Waals surface area (Å²) in [4.78, 5) is 17.5. The normalized spacial score (nSPS) is 22.0. The predicted octanol–water partition coefficient (Wildman–Crippen LogP) is 4.91. The highest BCUT2D eigenvalue weighted by Crippen LogP contribution is 2.41. The first-order chi connectivity index (χ1) is 15.1. The Labute approximate surface area is 187 Å². The Morgan fingerprint density at radius 3 is 1.94 bits per heavy atom. The van der Waals surface area contributed by atoms with Gasteiger partial charge in [-0.25, -0.2) is 0 Å². The molecular formula is C27H36N2O2. The molecule has 4 heteroatoms. The van der Waals surface area contributed by atoms with E-state index < -0.39 is 0 Å². The van der Waals surface area contributed by atoms with Crippen molar-refractivity contribution in [2.45, 2.75) is 51.7 Å². The number of carbonyl (C=O) groups excluding carboxylic acids is 1. The number of cyclic esters (lactones) is 1. The molecule has 2 aromatic carbocycles. The first-order valence-electron chi connectivity index (χ1n) is 11.9. The van der Waals surface area contributed by atoms with E-state index >= 15 is 0 Å². The molecule has 0 saturated carbocycles. The van der Waals surface area contributed by atoms with E-state index in [4.69, 9.17) is 4.74 Å². The van der Waals surface area contributed by atoms with Crippen LogP contribution in [0.2, 0.25) is 0 Å². The van der Waals surface area contributed by atoms with Gasteiger partial charge in [-0.2, -0.15) is 0 Å². The van der Waals surface area contributed by atoms with Crippen molar-refractivity contribution in [1.29, 1.82) is 0 Å². The van der Waals surface area contributed by atoms with Gasteiger partial charge >= 0.3 is 5.97 Å². The average Bonchev–Trinajstić information content (AvgIpc) is 3.16. The SMILES string of the molecule is CCC1(CC)C[C@@H](CCN2CCN(C(c3ccccc3)c3ccccc3)CC2)OC1=O. The molecule has 4 rings (SSSR count). The van der Waals surface area contributed by atoms with E-state index in [0.29, 0.717) is 6.04 Å². The molecule has 0 bridgehead atoms. The van der Waals surface area contributed by atoms with Gasteiger partial charge < -0.3 is 9.64 Å². The van der Waals surface area contributed by atoms with Crippen LogP contribution in [0.5, 0.6) is 0 Å². The van der Waals surface area contributed by atoms with Crippen molar-refractivity contribution in [2.75, 3.05) is 32.7 Å². The van der Waals surface area contributed by atoms with Gasteiger partial charge in [0.2, 0.25) is 0 Å². The highest BCUT2D eigenvalue weighted by molar-refractivity contribution is 5.78. The summed E-state index contributed by atoms with van der Waals surface area (Å²) in [6.07, 6.45) is 3.71. The molecule has 2 aliphatic rings. The molecule has 0 aliphatic carbocycles. The lowest BCUT2D eigenvalue weighted by Gasteiger charge is -2.40. The minimum Gasteiger partial charge on any atom is -0.462 e. The number of benzene rings is 2. The van der Waals surface area contributed by atoms with E-state index in [-0.39, 0.29) is 17.5 Å². The van der Waals surface area contributed by atoms with Gasteiger partial charge in [-0.1, -0.05) is 74.5 Å². The lowest BCUT2D eigenvalue weighted by Crippen LogP contribution is -2.48. The van der Waals surface area contributed by atoms with Crippen LogP contribution in [-0.4, -0.2) is 54.6 Å². The molecule has 4 nitrogen and oxygen atoms in total. The molecule has 0 N–H and O–H groups in total. The lowest BCUT2D eigenvalue weighted by atomic mass is 9.79. The molecule has 2 fully saturated rings. The maximum Gasteiger partial charge on any atom is 0.312 e. The highest BCUT2D eigenvalue weighted by Gasteiger charge is 2.46. The monoisotopic (exact) mass is 420 g/mol. The second-order valence-electron chi connectivity index (χ2n) is 9.11. The van der Waals surface area contributed by atoms with Crippen LogP contribution in [0, 0.1) is 5.41 Å². The molecule has 2 heterocycles. The summed E-state index contributed by atoms with van der Waals surface area (Å²) in [6, 6.07) is 22.0. The van der Waals surface area contributed by atoms with E-state index in [1.54, 1.807) is 0 Å². The Bertz CT molecular complexity index is 787. The van der Waals surface area contributed by atoms with Gasteiger partial charge in [0.1, 0.15) is 6.10 Å². The number of hydrogen-bond donors (Lipinski definition) is 0. The van der Waals surface area contributed by atoms with Gasteiger partial charge in [0.25, 0.3) is 0 Å². The molecule has 166 valence electrons. The van der Waals surface area contributed by atoms with Gasteiger partial charge in [0, 0.05) is 39.1 Å². The third-order valence-corrected chi connectivity index (χ3v) is 7.45. The third kappa shape index (κ3) is 4.86. The van der Waals surface area contributed by atoms with Crippen molar-refractivity contribution >= 4 is 5.97 Å². The number of ether oxygens (including phenoxy) is 1. The van der Waals surface area contributed by atoms with Crippen LogP contribution >= 0.6 is 0 Å². The van der Waals surface area contributed by atoms with E-state index in [9.17, 15) is 4.79 Å². The third-order valence-electron chi connectivity index (χ3n) is 7.45. The summed E-state index contributed by atoms with van der Waals surface area (Å²) in [5.74, 6) is 0.0286. The summed E-state index contributed by atoms with van der Waals surface area (Å²) in [6.45, 7) is 9.45. The number of piperazine rings is 1. The molecule has 1 atom stereocenters. The van der Waals surface area contributed by atoms with E-state index in [1.807, 2.05) is 0 Å². The molecule has 2 saturated heterocycles. The summed E-state index contributed by atoms with van der Waals surface area (Å²) < 4.78 is 5.75. The molecule has 0 amide bonds. The standard InChI is InChI=1S/C27H36N2O2/c1-3-27(4-2)21-24(31-26(27)30)15-16-28-17-19-29(20-18-28)25(22-11-7-5-8-12-22)23-13-9-6-10-14-23/h5-14,24-25H,3-4,15-21H2,1-2H3/t24-/m1/s1. The van der Waals surface area contributed by atoms with Crippen molar-refractivity contribution < 1.29 is 9.53 Å². The van der Waals surface area contributed by atoms with Crippen molar-refractivity contribution in [3.05, 3.63) is 71.8 Å². The van der Waals surface area contributed by atoms with Crippen LogP contribution in [0.15, 0.2) is 60.7 Å². The fourth-order valence-electron chi connectivity index (χ4n) is 5.28. The fraction of sp³-hybridized carbons (Fsp3) is 0.519. The predicted molar refractivity (Wildman–Crippen MR) is 125 cm³/mol. The van der Waals surface area contributed by atoms with Crippen LogP contribution in [0.1, 0.15) is 56.7 Å². The summed E-state index contributed by atoms with van der Waals surface area (Å²) in [5, 5.41) is 0. The second-order valence-corrected chi connectivity index (χ2v) is 9.11. The fourth-order valence-corrected chi connectivity index (χ4v) is 5.28. The van der Waals surface area contributed by atoms with E-state index in [0.717, 1.165) is 58.4 Å². The molecule has 2 aromatic rings. The number of rotatable bonds is 8. The van der Waals surface area contributed by atoms with Crippen molar-refractivity contribution in [2.24, 2.45) is 5.41 Å². The number of nitrogens with zero attached hydrogens (tertiary/aromatic N) is 2. The molecule has 2 aliphatic heterocycles. The average molecular weight is 421 g/mol. The zero-order valence-corrected chi connectivity index (χ0v) is 19.0. The first kappa shape index (κ1) is 22.0. The molecule has 0 aromatic heterocycles. The molecule has 31 heavy (non-hydrogen) atoms. The summed E-state index contributed by atoms with van der Waals surface area (Å²) in [5.41, 5.74) is 2.48. The molecule has 0 spiro atoms. The zero-order valence-electron chi connectivity index (χ0n) is 19.0. The lowest BCUT2D eigenvalue weighted by molar-refractivity contribution is -0.149. The Morgan fingerprint density at radius 1 is 0.903 bits per heavy atom. The van der Waals surface area contributed by atoms with Crippen molar-refractivity contribution in [1.82, 2.24) is 9.80 Å². The van der Waals surface area contributed by atoms with E-state index in [2.05, 4.69) is 84.3 Å². The number of esters is 1. The van der Waals surface area contributed by atoms with Crippen LogP contribution in [0.3, 0.4) is 0 Å². The zero-order chi connectivity index (χ0) is 21.7. The maximum atomic E-state index is 12.4. The van der Waals surface area contributed by atoms with Gasteiger partial charge in [-0.05, 0) is 30.4 Å². The van der Waals surface area contributed by atoms with Gasteiger partial charge in [-0.15, -0.1) is 0 Å². The Hall–Kier alpha value is -2.17. The second kappa shape index (κ2) is 9.97. The smallest absolute Gasteiger partial charge is 0.312 e. The van der Waals surface area contributed by atoms with E-state index in [1.165, 1.54) is 11.1 Å². The Balaban J connectivity index is 1.34. The van der Waals surface area contributed by atoms with Crippen molar-refractivity contribution in [3.8, 4) is 0 Å². The summed E-state index contributed by atoms with van der Waals surface area (Å²) in [7, 11) is 0. The van der Waals surface area contributed by atoms with Crippen molar-refractivity contribution in [3.63, 3.8) is 0 Å².